The number of hydrogen-bond donors (Lipinski definition) is 0. The molecule has 0 atom stereocenters. The standard InChI is InChI=1S/C26H22N2/c27-16-23-21-14-17-8-2-4-10-19(17)24(21)25-20-11-5-3-9-18(20)15-22(25)26(23)28-12-6-1-7-13-28/h2-5,8-11H,1,6-7,12-15H2. The molecule has 0 N–H and O–H groups in total. The van der Waals surface area contributed by atoms with Crippen molar-refractivity contribution in [1.82, 2.24) is 0 Å². The van der Waals surface area contributed by atoms with Crippen molar-refractivity contribution in [2.75, 3.05) is 18.0 Å². The predicted octanol–water partition coefficient (Wildman–Crippen LogP) is 5.69. The molecule has 2 nitrogen and oxygen atoms in total. The molecule has 0 bridgehead atoms. The van der Waals surface area contributed by atoms with Crippen LogP contribution in [0.5, 0.6) is 0 Å². The van der Waals surface area contributed by atoms with E-state index in [9.17, 15) is 5.26 Å². The van der Waals surface area contributed by atoms with Gasteiger partial charge < -0.3 is 4.90 Å². The lowest BCUT2D eigenvalue weighted by atomic mass is 9.88. The van der Waals surface area contributed by atoms with E-state index in [2.05, 4.69) is 59.5 Å². The lowest BCUT2D eigenvalue weighted by Gasteiger charge is -2.32. The van der Waals surface area contributed by atoms with Gasteiger partial charge in [-0.2, -0.15) is 5.26 Å². The third kappa shape index (κ3) is 2.08. The number of nitrogens with zero attached hydrogens (tertiary/aromatic N) is 2. The Bertz CT molecular complexity index is 1160. The molecule has 0 radical (unpaired) electrons. The molecular formula is C26H22N2. The molecule has 2 aliphatic carbocycles. The lowest BCUT2D eigenvalue weighted by molar-refractivity contribution is 0.576. The predicted molar refractivity (Wildman–Crippen MR) is 114 cm³/mol. The van der Waals surface area contributed by atoms with Crippen LogP contribution in [0, 0.1) is 11.3 Å². The number of piperidine rings is 1. The van der Waals surface area contributed by atoms with Crippen LogP contribution in [0.4, 0.5) is 5.69 Å². The fourth-order valence-electron chi connectivity index (χ4n) is 5.59. The quantitative estimate of drug-likeness (QED) is 0.383. The molecule has 2 heteroatoms. The highest BCUT2D eigenvalue weighted by molar-refractivity contribution is 6.00. The summed E-state index contributed by atoms with van der Waals surface area (Å²) in [4.78, 5) is 2.51. The number of benzene rings is 3. The minimum Gasteiger partial charge on any atom is -0.370 e. The minimum absolute atomic E-state index is 0.880. The zero-order chi connectivity index (χ0) is 18.7. The monoisotopic (exact) mass is 362 g/mol. The number of nitriles is 1. The summed E-state index contributed by atoms with van der Waals surface area (Å²) in [6.45, 7) is 2.15. The Morgan fingerprint density at radius 3 is 1.93 bits per heavy atom. The average molecular weight is 362 g/mol. The zero-order valence-corrected chi connectivity index (χ0v) is 16.0. The summed E-state index contributed by atoms with van der Waals surface area (Å²) in [5.74, 6) is 0. The molecular weight excluding hydrogens is 340 g/mol. The van der Waals surface area contributed by atoms with Gasteiger partial charge in [0.25, 0.3) is 0 Å². The van der Waals surface area contributed by atoms with Crippen molar-refractivity contribution in [3.63, 3.8) is 0 Å². The third-order valence-corrected chi connectivity index (χ3v) is 6.77. The zero-order valence-electron chi connectivity index (χ0n) is 16.0. The summed E-state index contributed by atoms with van der Waals surface area (Å²) in [7, 11) is 0. The van der Waals surface area contributed by atoms with E-state index in [4.69, 9.17) is 0 Å². The Labute approximate surface area is 166 Å². The van der Waals surface area contributed by atoms with Crippen molar-refractivity contribution >= 4 is 5.69 Å². The first-order valence-electron chi connectivity index (χ1n) is 10.4. The van der Waals surface area contributed by atoms with Crippen LogP contribution in [0.1, 0.15) is 47.1 Å². The molecule has 136 valence electrons. The van der Waals surface area contributed by atoms with E-state index in [0.29, 0.717) is 0 Å². The number of fused-ring (bicyclic) bond motifs is 7. The van der Waals surface area contributed by atoms with Crippen LogP contribution in [0.3, 0.4) is 0 Å². The molecule has 0 spiro atoms. The Kier molecular flexibility index (Phi) is 3.40. The molecule has 3 aromatic rings. The first kappa shape index (κ1) is 16.0. The van der Waals surface area contributed by atoms with E-state index < -0.39 is 0 Å². The highest BCUT2D eigenvalue weighted by Gasteiger charge is 2.35. The van der Waals surface area contributed by atoms with Crippen molar-refractivity contribution in [3.8, 4) is 28.3 Å². The van der Waals surface area contributed by atoms with E-state index in [1.165, 1.54) is 69.5 Å². The third-order valence-electron chi connectivity index (χ3n) is 6.77. The molecule has 0 aromatic heterocycles. The maximum absolute atomic E-state index is 10.3. The maximum Gasteiger partial charge on any atom is 0.102 e. The van der Waals surface area contributed by atoms with Gasteiger partial charge >= 0.3 is 0 Å². The molecule has 3 aliphatic rings. The highest BCUT2D eigenvalue weighted by Crippen LogP contribution is 2.54. The Morgan fingerprint density at radius 2 is 1.29 bits per heavy atom. The van der Waals surface area contributed by atoms with Crippen molar-refractivity contribution in [2.24, 2.45) is 0 Å². The second kappa shape index (κ2) is 5.97. The van der Waals surface area contributed by atoms with E-state index in [1.807, 2.05) is 0 Å². The minimum atomic E-state index is 0.880. The topological polar surface area (TPSA) is 27.0 Å². The Balaban J connectivity index is 1.71. The molecule has 0 saturated carbocycles. The smallest absolute Gasteiger partial charge is 0.102 e. The molecule has 28 heavy (non-hydrogen) atoms. The number of rotatable bonds is 1. The first-order valence-corrected chi connectivity index (χ1v) is 10.4. The number of anilines is 1. The highest BCUT2D eigenvalue weighted by atomic mass is 15.1. The van der Waals surface area contributed by atoms with Crippen LogP contribution in [-0.2, 0) is 12.8 Å². The molecule has 0 unspecified atom stereocenters. The van der Waals surface area contributed by atoms with Gasteiger partial charge in [-0.05, 0) is 63.8 Å². The van der Waals surface area contributed by atoms with Gasteiger partial charge in [0.1, 0.15) is 6.07 Å². The Morgan fingerprint density at radius 1 is 0.714 bits per heavy atom. The molecule has 0 amide bonds. The van der Waals surface area contributed by atoms with E-state index >= 15 is 0 Å². The molecule has 1 aliphatic heterocycles. The first-order chi connectivity index (χ1) is 13.9. The van der Waals surface area contributed by atoms with E-state index in [0.717, 1.165) is 31.5 Å². The summed E-state index contributed by atoms with van der Waals surface area (Å²) in [6, 6.07) is 20.2. The fourth-order valence-corrected chi connectivity index (χ4v) is 5.59. The van der Waals surface area contributed by atoms with Gasteiger partial charge in [-0.15, -0.1) is 0 Å². The fraction of sp³-hybridized carbons (Fsp3) is 0.269. The van der Waals surface area contributed by atoms with E-state index in [-0.39, 0.29) is 0 Å². The van der Waals surface area contributed by atoms with Gasteiger partial charge in [-0.25, -0.2) is 0 Å². The summed E-state index contributed by atoms with van der Waals surface area (Å²) >= 11 is 0. The maximum atomic E-state index is 10.3. The SMILES string of the molecule is N#Cc1c2c(c3c(c1N1CCCCC1)Cc1ccccc1-3)-c1ccccc1C2. The van der Waals surface area contributed by atoms with Crippen LogP contribution in [0.2, 0.25) is 0 Å². The molecule has 3 aromatic carbocycles. The summed E-state index contributed by atoms with van der Waals surface area (Å²) in [5.41, 5.74) is 13.0. The average Bonchev–Trinajstić information content (AvgIpc) is 3.31. The van der Waals surface area contributed by atoms with Gasteiger partial charge in [0.05, 0.1) is 11.3 Å². The van der Waals surface area contributed by atoms with Gasteiger partial charge in [0.15, 0.2) is 0 Å². The Hall–Kier alpha value is -3.05. The van der Waals surface area contributed by atoms with Gasteiger partial charge in [0.2, 0.25) is 0 Å². The van der Waals surface area contributed by atoms with Crippen molar-refractivity contribution in [2.45, 2.75) is 32.1 Å². The second-order valence-electron chi connectivity index (χ2n) is 8.26. The van der Waals surface area contributed by atoms with Crippen molar-refractivity contribution in [1.29, 1.82) is 5.26 Å². The largest absolute Gasteiger partial charge is 0.370 e. The van der Waals surface area contributed by atoms with Gasteiger partial charge in [0, 0.05) is 25.9 Å². The van der Waals surface area contributed by atoms with Crippen LogP contribution in [-0.4, -0.2) is 13.1 Å². The van der Waals surface area contributed by atoms with Crippen LogP contribution in [0.25, 0.3) is 22.3 Å². The second-order valence-corrected chi connectivity index (χ2v) is 8.26. The molecule has 1 saturated heterocycles. The molecule has 1 fully saturated rings. The summed E-state index contributed by atoms with van der Waals surface area (Å²) in [5, 5.41) is 10.3. The van der Waals surface area contributed by atoms with Gasteiger partial charge in [-0.1, -0.05) is 48.5 Å². The summed E-state index contributed by atoms with van der Waals surface area (Å²) < 4.78 is 0. The molecule has 6 rings (SSSR count). The van der Waals surface area contributed by atoms with Crippen LogP contribution in [0.15, 0.2) is 48.5 Å². The van der Waals surface area contributed by atoms with Crippen molar-refractivity contribution in [3.05, 3.63) is 76.3 Å². The van der Waals surface area contributed by atoms with Crippen molar-refractivity contribution < 1.29 is 0 Å². The normalized spacial score (nSPS) is 16.2. The number of hydrogen-bond acceptors (Lipinski definition) is 2. The van der Waals surface area contributed by atoms with Crippen LogP contribution < -0.4 is 4.90 Å². The van der Waals surface area contributed by atoms with E-state index in [1.54, 1.807) is 0 Å². The van der Waals surface area contributed by atoms with Gasteiger partial charge in [-0.3, -0.25) is 0 Å². The molecule has 1 heterocycles. The lowest BCUT2D eigenvalue weighted by Crippen LogP contribution is -2.31. The summed E-state index contributed by atoms with van der Waals surface area (Å²) in [6.07, 6.45) is 5.58. The van der Waals surface area contributed by atoms with Crippen LogP contribution >= 0.6 is 0 Å².